The van der Waals surface area contributed by atoms with E-state index in [0.717, 1.165) is 25.1 Å². The summed E-state index contributed by atoms with van der Waals surface area (Å²) in [7, 11) is 4.09. The molecule has 0 fully saturated rings. The van der Waals surface area contributed by atoms with Gasteiger partial charge in [-0.3, -0.25) is 0 Å². The number of hydrogen-bond donors (Lipinski definition) is 1. The van der Waals surface area contributed by atoms with Gasteiger partial charge in [-0.05, 0) is 39.1 Å². The van der Waals surface area contributed by atoms with E-state index in [-0.39, 0.29) is 5.82 Å². The van der Waals surface area contributed by atoms with Crippen molar-refractivity contribution >= 4 is 0 Å². The van der Waals surface area contributed by atoms with Crippen molar-refractivity contribution in [1.29, 1.82) is 0 Å². The lowest BCUT2D eigenvalue weighted by Gasteiger charge is -2.16. The summed E-state index contributed by atoms with van der Waals surface area (Å²) >= 11 is 0. The van der Waals surface area contributed by atoms with Gasteiger partial charge in [0, 0.05) is 19.1 Å². The third kappa shape index (κ3) is 4.73. The van der Waals surface area contributed by atoms with Crippen LogP contribution < -0.4 is 5.32 Å². The average Bonchev–Trinajstić information content (AvgIpc) is 2.21. The van der Waals surface area contributed by atoms with E-state index in [1.807, 2.05) is 26.2 Å². The van der Waals surface area contributed by atoms with Gasteiger partial charge in [-0.2, -0.15) is 0 Å². The van der Waals surface area contributed by atoms with Crippen molar-refractivity contribution in [1.82, 2.24) is 10.2 Å². The topological polar surface area (TPSA) is 15.3 Å². The van der Waals surface area contributed by atoms with Crippen LogP contribution in [0.4, 0.5) is 4.39 Å². The Bertz CT molecular complexity index is 313. The minimum Gasteiger partial charge on any atom is -0.313 e. The molecular formula is C13H21FN2. The van der Waals surface area contributed by atoms with E-state index < -0.39 is 0 Å². The van der Waals surface area contributed by atoms with Crippen LogP contribution in [0, 0.1) is 5.82 Å². The van der Waals surface area contributed by atoms with Crippen molar-refractivity contribution in [3.8, 4) is 0 Å². The standard InChI is InChI=1S/C13H21FN2/c1-11(15-8-9-16(2)3)10-12-6-4-5-7-13(12)14/h4-7,11,15H,8-10H2,1-3H3. The Labute approximate surface area is 97.5 Å². The predicted octanol–water partition coefficient (Wildman–Crippen LogP) is 1.91. The lowest BCUT2D eigenvalue weighted by atomic mass is 10.1. The molecule has 0 spiro atoms. The molecule has 1 unspecified atom stereocenters. The molecule has 0 bridgehead atoms. The molecule has 1 aromatic rings. The Morgan fingerprint density at radius 3 is 2.62 bits per heavy atom. The number of halogens is 1. The summed E-state index contributed by atoms with van der Waals surface area (Å²) in [6, 6.07) is 7.27. The number of nitrogens with one attached hydrogen (secondary N) is 1. The number of rotatable bonds is 6. The highest BCUT2D eigenvalue weighted by Crippen LogP contribution is 2.08. The molecule has 2 nitrogen and oxygen atoms in total. The van der Waals surface area contributed by atoms with Crippen LogP contribution in [0.2, 0.25) is 0 Å². The Morgan fingerprint density at radius 1 is 1.31 bits per heavy atom. The van der Waals surface area contributed by atoms with Crippen molar-refractivity contribution < 1.29 is 4.39 Å². The highest BCUT2D eigenvalue weighted by molar-refractivity contribution is 5.18. The van der Waals surface area contributed by atoms with Gasteiger partial charge in [-0.15, -0.1) is 0 Å². The van der Waals surface area contributed by atoms with Gasteiger partial charge in [0.2, 0.25) is 0 Å². The molecule has 16 heavy (non-hydrogen) atoms. The van der Waals surface area contributed by atoms with Gasteiger partial charge in [-0.1, -0.05) is 18.2 Å². The molecule has 1 N–H and O–H groups in total. The molecule has 0 radical (unpaired) electrons. The van der Waals surface area contributed by atoms with E-state index in [2.05, 4.69) is 17.1 Å². The fraction of sp³-hybridized carbons (Fsp3) is 0.538. The molecule has 3 heteroatoms. The van der Waals surface area contributed by atoms with Gasteiger partial charge >= 0.3 is 0 Å². The lowest BCUT2D eigenvalue weighted by Crippen LogP contribution is -2.34. The van der Waals surface area contributed by atoms with E-state index >= 15 is 0 Å². The second-order valence-corrected chi connectivity index (χ2v) is 4.45. The van der Waals surface area contributed by atoms with Crippen molar-refractivity contribution in [2.45, 2.75) is 19.4 Å². The monoisotopic (exact) mass is 224 g/mol. The van der Waals surface area contributed by atoms with Crippen molar-refractivity contribution in [3.63, 3.8) is 0 Å². The van der Waals surface area contributed by atoms with Gasteiger partial charge in [0.05, 0.1) is 0 Å². The molecule has 0 amide bonds. The summed E-state index contributed by atoms with van der Waals surface area (Å²) in [6.07, 6.45) is 0.736. The maximum atomic E-state index is 13.4. The summed E-state index contributed by atoms with van der Waals surface area (Å²) in [5.74, 6) is -0.108. The molecule has 0 aliphatic heterocycles. The smallest absolute Gasteiger partial charge is 0.126 e. The van der Waals surface area contributed by atoms with Crippen LogP contribution in [0.25, 0.3) is 0 Å². The summed E-state index contributed by atoms with van der Waals surface area (Å²) < 4.78 is 13.4. The molecule has 0 saturated carbocycles. The van der Waals surface area contributed by atoms with Crippen LogP contribution in [-0.4, -0.2) is 38.1 Å². The molecular weight excluding hydrogens is 203 g/mol. The average molecular weight is 224 g/mol. The molecule has 0 aliphatic carbocycles. The van der Waals surface area contributed by atoms with Crippen molar-refractivity contribution in [3.05, 3.63) is 35.6 Å². The fourth-order valence-electron chi connectivity index (χ4n) is 1.60. The molecule has 0 aromatic heterocycles. The highest BCUT2D eigenvalue weighted by atomic mass is 19.1. The molecule has 1 atom stereocenters. The van der Waals surface area contributed by atoms with Crippen LogP contribution in [0.1, 0.15) is 12.5 Å². The van der Waals surface area contributed by atoms with E-state index in [1.165, 1.54) is 6.07 Å². The van der Waals surface area contributed by atoms with E-state index in [4.69, 9.17) is 0 Å². The maximum Gasteiger partial charge on any atom is 0.126 e. The van der Waals surface area contributed by atoms with E-state index in [0.29, 0.717) is 6.04 Å². The van der Waals surface area contributed by atoms with Crippen molar-refractivity contribution in [2.75, 3.05) is 27.2 Å². The van der Waals surface area contributed by atoms with Crippen LogP contribution in [-0.2, 0) is 6.42 Å². The predicted molar refractivity (Wildman–Crippen MR) is 66.1 cm³/mol. The Morgan fingerprint density at radius 2 is 2.00 bits per heavy atom. The number of benzene rings is 1. The second-order valence-electron chi connectivity index (χ2n) is 4.45. The molecule has 1 rings (SSSR count). The first-order chi connectivity index (χ1) is 7.59. The Hall–Kier alpha value is -0.930. The van der Waals surface area contributed by atoms with Crippen molar-refractivity contribution in [2.24, 2.45) is 0 Å². The minimum atomic E-state index is -0.108. The van der Waals surface area contributed by atoms with Crippen LogP contribution in [0.15, 0.2) is 24.3 Å². The maximum absolute atomic E-state index is 13.4. The first-order valence-electron chi connectivity index (χ1n) is 5.71. The first kappa shape index (κ1) is 13.1. The third-order valence-electron chi connectivity index (χ3n) is 2.54. The summed E-state index contributed by atoms with van der Waals surface area (Å²) in [5, 5.41) is 3.38. The van der Waals surface area contributed by atoms with E-state index in [1.54, 1.807) is 6.07 Å². The molecule has 90 valence electrons. The quantitative estimate of drug-likeness (QED) is 0.794. The Kier molecular flexibility index (Phi) is 5.43. The number of nitrogens with zero attached hydrogens (tertiary/aromatic N) is 1. The van der Waals surface area contributed by atoms with Gasteiger partial charge in [-0.25, -0.2) is 4.39 Å². The highest BCUT2D eigenvalue weighted by Gasteiger charge is 2.06. The minimum absolute atomic E-state index is 0.108. The second kappa shape index (κ2) is 6.61. The van der Waals surface area contributed by atoms with Gasteiger partial charge in [0.25, 0.3) is 0 Å². The molecule has 1 aromatic carbocycles. The zero-order valence-electron chi connectivity index (χ0n) is 10.3. The van der Waals surface area contributed by atoms with Gasteiger partial charge < -0.3 is 10.2 Å². The molecule has 0 saturated heterocycles. The van der Waals surface area contributed by atoms with Gasteiger partial charge in [0.1, 0.15) is 5.82 Å². The zero-order chi connectivity index (χ0) is 12.0. The fourth-order valence-corrected chi connectivity index (χ4v) is 1.60. The summed E-state index contributed by atoms with van der Waals surface area (Å²) in [4.78, 5) is 2.13. The molecule has 0 heterocycles. The normalized spacial score (nSPS) is 13.1. The first-order valence-corrected chi connectivity index (χ1v) is 5.71. The van der Waals surface area contributed by atoms with Crippen LogP contribution in [0.5, 0.6) is 0 Å². The lowest BCUT2D eigenvalue weighted by molar-refractivity contribution is 0.386. The number of likely N-dealkylation sites (N-methyl/N-ethyl adjacent to an activating group) is 1. The van der Waals surface area contributed by atoms with Gasteiger partial charge in [0.15, 0.2) is 0 Å². The van der Waals surface area contributed by atoms with Crippen LogP contribution >= 0.6 is 0 Å². The SMILES string of the molecule is CC(Cc1ccccc1F)NCCN(C)C. The van der Waals surface area contributed by atoms with E-state index in [9.17, 15) is 4.39 Å². The van der Waals surface area contributed by atoms with Crippen LogP contribution in [0.3, 0.4) is 0 Å². The molecule has 0 aliphatic rings. The Balaban J connectivity index is 2.34. The largest absolute Gasteiger partial charge is 0.313 e. The summed E-state index contributed by atoms with van der Waals surface area (Å²) in [6.45, 7) is 4.02. The number of hydrogen-bond acceptors (Lipinski definition) is 2. The zero-order valence-corrected chi connectivity index (χ0v) is 10.3. The third-order valence-corrected chi connectivity index (χ3v) is 2.54. The summed E-state index contributed by atoms with van der Waals surface area (Å²) in [5.41, 5.74) is 0.785.